The molecule has 0 radical (unpaired) electrons. The van der Waals surface area contributed by atoms with Gasteiger partial charge in [0.1, 0.15) is 23.6 Å². The van der Waals surface area contributed by atoms with Crippen LogP contribution < -0.4 is 15.4 Å². The normalized spacial score (nSPS) is 10.1. The Morgan fingerprint density at radius 3 is 2.64 bits per heavy atom. The zero-order valence-corrected chi connectivity index (χ0v) is 13.6. The Kier molecular flexibility index (Phi) is 5.16. The molecule has 7 heteroatoms. The van der Waals surface area contributed by atoms with E-state index in [4.69, 9.17) is 4.74 Å². The van der Waals surface area contributed by atoms with E-state index in [9.17, 15) is 4.79 Å². The van der Waals surface area contributed by atoms with Crippen LogP contribution in [0.2, 0.25) is 0 Å². The molecule has 2 aromatic heterocycles. The van der Waals surface area contributed by atoms with Crippen LogP contribution >= 0.6 is 0 Å². The van der Waals surface area contributed by atoms with Gasteiger partial charge in [-0.1, -0.05) is 6.07 Å². The highest BCUT2D eigenvalue weighted by Crippen LogP contribution is 2.18. The standard InChI is InChI=1S/C18H17N5O2/c1-25-15-7-5-13(6-8-15)23-17-10-16(21-12-22-17)18(24)20-11-14-4-2-3-9-19-14/h2-10,12H,11H2,1H3,(H,20,24)(H,21,22,23). The molecule has 0 fully saturated rings. The number of carbonyl (C=O) groups is 1. The van der Waals surface area contributed by atoms with E-state index < -0.39 is 0 Å². The number of rotatable bonds is 6. The van der Waals surface area contributed by atoms with Crippen molar-refractivity contribution in [1.29, 1.82) is 0 Å². The summed E-state index contributed by atoms with van der Waals surface area (Å²) in [5.41, 5.74) is 1.89. The summed E-state index contributed by atoms with van der Waals surface area (Å²) in [4.78, 5) is 24.5. The number of aromatic nitrogens is 3. The van der Waals surface area contributed by atoms with Crippen molar-refractivity contribution in [3.05, 3.63) is 72.4 Å². The van der Waals surface area contributed by atoms with Crippen molar-refractivity contribution in [3.63, 3.8) is 0 Å². The quantitative estimate of drug-likeness (QED) is 0.720. The fourth-order valence-corrected chi connectivity index (χ4v) is 2.14. The molecule has 7 nitrogen and oxygen atoms in total. The molecule has 0 unspecified atom stereocenters. The zero-order chi connectivity index (χ0) is 17.5. The average molecular weight is 335 g/mol. The molecule has 3 rings (SSSR count). The lowest BCUT2D eigenvalue weighted by atomic mass is 10.3. The maximum Gasteiger partial charge on any atom is 0.270 e. The Labute approximate surface area is 145 Å². The molecule has 0 saturated heterocycles. The molecule has 2 N–H and O–H groups in total. The summed E-state index contributed by atoms with van der Waals surface area (Å²) in [6.45, 7) is 0.338. The summed E-state index contributed by atoms with van der Waals surface area (Å²) in [6.07, 6.45) is 3.03. The third kappa shape index (κ3) is 4.51. The molecule has 2 heterocycles. The van der Waals surface area contributed by atoms with Crippen LogP contribution in [0.3, 0.4) is 0 Å². The van der Waals surface area contributed by atoms with Gasteiger partial charge in [-0.3, -0.25) is 9.78 Å². The van der Waals surface area contributed by atoms with Crippen molar-refractivity contribution in [3.8, 4) is 5.75 Å². The molecule has 3 aromatic rings. The summed E-state index contributed by atoms with van der Waals surface area (Å²) in [6, 6.07) is 14.5. The maximum atomic E-state index is 12.2. The van der Waals surface area contributed by atoms with Gasteiger partial charge in [-0.2, -0.15) is 0 Å². The Hall–Kier alpha value is -3.48. The van der Waals surface area contributed by atoms with Crippen molar-refractivity contribution in [2.45, 2.75) is 6.54 Å². The first kappa shape index (κ1) is 16.4. The highest BCUT2D eigenvalue weighted by molar-refractivity contribution is 5.92. The summed E-state index contributed by atoms with van der Waals surface area (Å²) < 4.78 is 5.12. The number of amides is 1. The smallest absolute Gasteiger partial charge is 0.270 e. The van der Waals surface area contributed by atoms with E-state index in [1.807, 2.05) is 42.5 Å². The van der Waals surface area contributed by atoms with Gasteiger partial charge in [-0.05, 0) is 36.4 Å². The molecule has 0 atom stereocenters. The Morgan fingerprint density at radius 2 is 1.92 bits per heavy atom. The minimum Gasteiger partial charge on any atom is -0.497 e. The first-order valence-electron chi connectivity index (χ1n) is 7.66. The van der Waals surface area contributed by atoms with Crippen LogP contribution in [-0.2, 0) is 6.54 Å². The lowest BCUT2D eigenvalue weighted by molar-refractivity contribution is 0.0945. The topological polar surface area (TPSA) is 89.0 Å². The monoisotopic (exact) mass is 335 g/mol. The van der Waals surface area contributed by atoms with Crippen LogP contribution in [-0.4, -0.2) is 28.0 Å². The molecule has 0 aliphatic heterocycles. The number of nitrogens with zero attached hydrogens (tertiary/aromatic N) is 3. The highest BCUT2D eigenvalue weighted by atomic mass is 16.5. The molecule has 1 amide bonds. The van der Waals surface area contributed by atoms with E-state index >= 15 is 0 Å². The number of hydrogen-bond donors (Lipinski definition) is 2. The first-order chi connectivity index (χ1) is 12.2. The predicted octanol–water partition coefficient (Wildman–Crippen LogP) is 2.55. The molecular weight excluding hydrogens is 318 g/mol. The van der Waals surface area contributed by atoms with E-state index in [0.717, 1.165) is 17.1 Å². The number of pyridine rings is 1. The van der Waals surface area contributed by atoms with Crippen LogP contribution in [0.25, 0.3) is 0 Å². The minimum absolute atomic E-state index is 0.280. The molecular formula is C18H17N5O2. The van der Waals surface area contributed by atoms with Gasteiger partial charge in [0.25, 0.3) is 5.91 Å². The average Bonchev–Trinajstić information content (AvgIpc) is 2.68. The Bertz CT molecular complexity index is 838. The number of nitrogens with one attached hydrogen (secondary N) is 2. The first-order valence-corrected chi connectivity index (χ1v) is 7.66. The Morgan fingerprint density at radius 1 is 1.08 bits per heavy atom. The van der Waals surface area contributed by atoms with Crippen LogP contribution in [0.15, 0.2) is 61.1 Å². The second-order valence-corrected chi connectivity index (χ2v) is 5.15. The van der Waals surface area contributed by atoms with Crippen LogP contribution in [0.5, 0.6) is 5.75 Å². The number of anilines is 2. The van der Waals surface area contributed by atoms with Crippen molar-refractivity contribution in [1.82, 2.24) is 20.3 Å². The molecule has 25 heavy (non-hydrogen) atoms. The summed E-state index contributed by atoms with van der Waals surface area (Å²) in [7, 11) is 1.61. The largest absolute Gasteiger partial charge is 0.497 e. The fraction of sp³-hybridized carbons (Fsp3) is 0.111. The summed E-state index contributed by atoms with van der Waals surface area (Å²) >= 11 is 0. The molecule has 1 aromatic carbocycles. The number of carbonyl (C=O) groups excluding carboxylic acids is 1. The predicted molar refractivity (Wildman–Crippen MR) is 93.7 cm³/mol. The maximum absolute atomic E-state index is 12.2. The van der Waals surface area contributed by atoms with E-state index in [-0.39, 0.29) is 11.6 Å². The fourth-order valence-electron chi connectivity index (χ4n) is 2.14. The molecule has 0 saturated carbocycles. The molecule has 126 valence electrons. The third-order valence-corrected chi connectivity index (χ3v) is 3.42. The number of benzene rings is 1. The van der Waals surface area contributed by atoms with Crippen molar-refractivity contribution >= 4 is 17.4 Å². The lowest BCUT2D eigenvalue weighted by Crippen LogP contribution is -2.24. The minimum atomic E-state index is -0.286. The second-order valence-electron chi connectivity index (χ2n) is 5.15. The number of ether oxygens (including phenoxy) is 1. The number of methoxy groups -OCH3 is 1. The van der Waals surface area contributed by atoms with Crippen LogP contribution in [0.4, 0.5) is 11.5 Å². The van der Waals surface area contributed by atoms with E-state index in [1.54, 1.807) is 19.4 Å². The van der Waals surface area contributed by atoms with Gasteiger partial charge in [0.2, 0.25) is 0 Å². The molecule has 0 spiro atoms. The number of hydrogen-bond acceptors (Lipinski definition) is 6. The van der Waals surface area contributed by atoms with Crippen molar-refractivity contribution in [2.24, 2.45) is 0 Å². The van der Waals surface area contributed by atoms with Crippen LogP contribution in [0, 0.1) is 0 Å². The van der Waals surface area contributed by atoms with Gasteiger partial charge in [0, 0.05) is 18.0 Å². The third-order valence-electron chi connectivity index (χ3n) is 3.42. The zero-order valence-electron chi connectivity index (χ0n) is 13.6. The molecule has 0 aliphatic carbocycles. The lowest BCUT2D eigenvalue weighted by Gasteiger charge is -2.08. The molecule has 0 aliphatic rings. The van der Waals surface area contributed by atoms with E-state index in [1.165, 1.54) is 6.33 Å². The van der Waals surface area contributed by atoms with Crippen molar-refractivity contribution < 1.29 is 9.53 Å². The summed E-state index contributed by atoms with van der Waals surface area (Å²) in [5, 5.41) is 5.91. The summed E-state index contributed by atoms with van der Waals surface area (Å²) in [5.74, 6) is 1.01. The Balaban J connectivity index is 1.64. The van der Waals surface area contributed by atoms with E-state index in [0.29, 0.717) is 12.4 Å². The van der Waals surface area contributed by atoms with Gasteiger partial charge in [-0.15, -0.1) is 0 Å². The van der Waals surface area contributed by atoms with E-state index in [2.05, 4.69) is 25.6 Å². The van der Waals surface area contributed by atoms with Gasteiger partial charge in [-0.25, -0.2) is 9.97 Å². The SMILES string of the molecule is COc1ccc(Nc2cc(C(=O)NCc3ccccn3)ncn2)cc1. The second kappa shape index (κ2) is 7.87. The van der Waals surface area contributed by atoms with Crippen LogP contribution in [0.1, 0.15) is 16.2 Å². The van der Waals surface area contributed by atoms with Gasteiger partial charge < -0.3 is 15.4 Å². The van der Waals surface area contributed by atoms with Gasteiger partial charge in [0.05, 0.1) is 19.3 Å². The molecule has 0 bridgehead atoms. The highest BCUT2D eigenvalue weighted by Gasteiger charge is 2.09. The van der Waals surface area contributed by atoms with Gasteiger partial charge >= 0.3 is 0 Å². The van der Waals surface area contributed by atoms with Crippen molar-refractivity contribution in [2.75, 3.05) is 12.4 Å². The van der Waals surface area contributed by atoms with Gasteiger partial charge in [0.15, 0.2) is 0 Å².